The van der Waals surface area contributed by atoms with E-state index in [0.717, 1.165) is 5.56 Å². The summed E-state index contributed by atoms with van der Waals surface area (Å²) in [6.07, 6.45) is 0. The van der Waals surface area contributed by atoms with Gasteiger partial charge in [-0.25, -0.2) is 0 Å². The zero-order valence-electron chi connectivity index (χ0n) is 10.1. The van der Waals surface area contributed by atoms with Gasteiger partial charge >= 0.3 is 0 Å². The second kappa shape index (κ2) is 4.72. The standard InChI is InChI=1S/C14H16ClN/c1-10(9-16)13(15)11-5-7-12(8-6-11)14(2,3)4/h5-8H,1-4H3. The van der Waals surface area contributed by atoms with Gasteiger partial charge in [-0.2, -0.15) is 5.26 Å². The summed E-state index contributed by atoms with van der Waals surface area (Å²) in [6, 6.07) is 10.1. The predicted octanol–water partition coefficient (Wildman–Crippen LogP) is 4.48. The quantitative estimate of drug-likeness (QED) is 0.657. The number of benzene rings is 1. The average molecular weight is 234 g/mol. The van der Waals surface area contributed by atoms with Gasteiger partial charge in [0.05, 0.1) is 11.1 Å². The van der Waals surface area contributed by atoms with Crippen molar-refractivity contribution in [1.29, 1.82) is 5.26 Å². The Labute approximate surface area is 102 Å². The molecule has 0 N–H and O–H groups in total. The number of hydrogen-bond acceptors (Lipinski definition) is 1. The van der Waals surface area contributed by atoms with Gasteiger partial charge in [-0.3, -0.25) is 0 Å². The van der Waals surface area contributed by atoms with Gasteiger partial charge in [0.25, 0.3) is 0 Å². The molecule has 16 heavy (non-hydrogen) atoms. The summed E-state index contributed by atoms with van der Waals surface area (Å²) in [5, 5.41) is 9.29. The third-order valence-electron chi connectivity index (χ3n) is 2.50. The first-order valence-electron chi connectivity index (χ1n) is 5.23. The second-order valence-corrected chi connectivity index (χ2v) is 5.26. The van der Waals surface area contributed by atoms with E-state index in [9.17, 15) is 0 Å². The number of nitriles is 1. The van der Waals surface area contributed by atoms with Crippen molar-refractivity contribution in [3.8, 4) is 6.07 Å². The first kappa shape index (κ1) is 12.8. The lowest BCUT2D eigenvalue weighted by molar-refractivity contribution is 0.590. The molecular weight excluding hydrogens is 218 g/mol. The van der Waals surface area contributed by atoms with Gasteiger partial charge in [0, 0.05) is 5.57 Å². The molecule has 0 atom stereocenters. The van der Waals surface area contributed by atoms with Crippen molar-refractivity contribution < 1.29 is 0 Å². The molecule has 1 aromatic rings. The third kappa shape index (κ3) is 2.87. The van der Waals surface area contributed by atoms with Crippen LogP contribution in [0.4, 0.5) is 0 Å². The highest BCUT2D eigenvalue weighted by molar-refractivity contribution is 6.49. The minimum Gasteiger partial charge on any atom is -0.193 e. The van der Waals surface area contributed by atoms with Gasteiger partial charge in [-0.05, 0) is 23.5 Å². The van der Waals surface area contributed by atoms with Crippen molar-refractivity contribution in [2.24, 2.45) is 0 Å². The lowest BCUT2D eigenvalue weighted by Crippen LogP contribution is -2.10. The highest BCUT2D eigenvalue weighted by Gasteiger charge is 2.13. The van der Waals surface area contributed by atoms with Crippen molar-refractivity contribution >= 4 is 16.6 Å². The van der Waals surface area contributed by atoms with E-state index in [2.05, 4.69) is 39.0 Å². The van der Waals surface area contributed by atoms with E-state index in [1.54, 1.807) is 6.92 Å². The molecule has 2 heteroatoms. The molecule has 0 unspecified atom stereocenters. The van der Waals surface area contributed by atoms with Crippen molar-refractivity contribution in [3.05, 3.63) is 41.0 Å². The van der Waals surface area contributed by atoms with Gasteiger partial charge < -0.3 is 0 Å². The Balaban J connectivity index is 3.11. The fraction of sp³-hybridized carbons (Fsp3) is 0.357. The van der Waals surface area contributed by atoms with Crippen LogP contribution in [0.5, 0.6) is 0 Å². The molecule has 0 aliphatic rings. The second-order valence-electron chi connectivity index (χ2n) is 4.88. The summed E-state index contributed by atoms with van der Waals surface area (Å²) in [5.74, 6) is 0. The molecule has 84 valence electrons. The van der Waals surface area contributed by atoms with Crippen LogP contribution in [0.2, 0.25) is 0 Å². The summed E-state index contributed by atoms with van der Waals surface area (Å²) in [7, 11) is 0. The lowest BCUT2D eigenvalue weighted by Gasteiger charge is -2.19. The fourth-order valence-corrected chi connectivity index (χ4v) is 1.55. The van der Waals surface area contributed by atoms with E-state index in [1.807, 2.05) is 12.1 Å². The van der Waals surface area contributed by atoms with Crippen molar-refractivity contribution in [2.75, 3.05) is 0 Å². The number of nitrogens with zero attached hydrogens (tertiary/aromatic N) is 1. The van der Waals surface area contributed by atoms with Crippen molar-refractivity contribution in [2.45, 2.75) is 33.1 Å². The largest absolute Gasteiger partial charge is 0.193 e. The Morgan fingerprint density at radius 3 is 2.06 bits per heavy atom. The first-order valence-corrected chi connectivity index (χ1v) is 5.61. The van der Waals surface area contributed by atoms with E-state index in [4.69, 9.17) is 16.9 Å². The van der Waals surface area contributed by atoms with Crippen LogP contribution >= 0.6 is 11.6 Å². The molecular formula is C14H16ClN. The van der Waals surface area contributed by atoms with Crippen LogP contribution in [-0.2, 0) is 5.41 Å². The zero-order chi connectivity index (χ0) is 12.3. The normalized spacial score (nSPS) is 13.0. The molecule has 0 spiro atoms. The maximum Gasteiger partial charge on any atom is 0.0959 e. The van der Waals surface area contributed by atoms with Crippen LogP contribution in [0.15, 0.2) is 29.8 Å². The summed E-state index contributed by atoms with van der Waals surface area (Å²) in [5.41, 5.74) is 2.84. The first-order chi connectivity index (χ1) is 7.36. The van der Waals surface area contributed by atoms with E-state index < -0.39 is 0 Å². The Bertz CT molecular complexity index is 441. The molecule has 0 radical (unpaired) electrons. The van der Waals surface area contributed by atoms with Crippen LogP contribution in [0, 0.1) is 11.3 Å². The van der Waals surface area contributed by atoms with Crippen LogP contribution in [0.25, 0.3) is 5.03 Å². The van der Waals surface area contributed by atoms with Crippen molar-refractivity contribution in [3.63, 3.8) is 0 Å². The smallest absolute Gasteiger partial charge is 0.0959 e. The number of allylic oxidation sites excluding steroid dienone is 1. The molecule has 1 rings (SSSR count). The van der Waals surface area contributed by atoms with E-state index in [-0.39, 0.29) is 5.41 Å². The topological polar surface area (TPSA) is 23.8 Å². The van der Waals surface area contributed by atoms with Gasteiger partial charge in [0.2, 0.25) is 0 Å². The average Bonchev–Trinajstić information content (AvgIpc) is 2.26. The molecule has 0 fully saturated rings. The van der Waals surface area contributed by atoms with Crippen LogP contribution < -0.4 is 0 Å². The number of rotatable bonds is 1. The van der Waals surface area contributed by atoms with Crippen LogP contribution in [0.1, 0.15) is 38.8 Å². The summed E-state index contributed by atoms with van der Waals surface area (Å²) < 4.78 is 0. The summed E-state index contributed by atoms with van der Waals surface area (Å²) in [4.78, 5) is 0. The highest BCUT2D eigenvalue weighted by Crippen LogP contribution is 2.27. The maximum absolute atomic E-state index is 8.76. The number of hydrogen-bond donors (Lipinski definition) is 0. The zero-order valence-corrected chi connectivity index (χ0v) is 10.9. The minimum absolute atomic E-state index is 0.138. The molecule has 0 aliphatic carbocycles. The van der Waals surface area contributed by atoms with Crippen LogP contribution in [-0.4, -0.2) is 0 Å². The Morgan fingerprint density at radius 1 is 1.19 bits per heavy atom. The lowest BCUT2D eigenvalue weighted by atomic mass is 9.86. The van der Waals surface area contributed by atoms with Gasteiger partial charge in [0.1, 0.15) is 0 Å². The Hall–Kier alpha value is -1.26. The van der Waals surface area contributed by atoms with Crippen LogP contribution in [0.3, 0.4) is 0 Å². The summed E-state index contributed by atoms with van der Waals surface area (Å²) in [6.45, 7) is 8.22. The van der Waals surface area contributed by atoms with Gasteiger partial charge in [-0.15, -0.1) is 0 Å². The Kier molecular flexibility index (Phi) is 3.78. The minimum atomic E-state index is 0.138. The monoisotopic (exact) mass is 233 g/mol. The molecule has 0 aromatic heterocycles. The van der Waals surface area contributed by atoms with Crippen molar-refractivity contribution in [1.82, 2.24) is 0 Å². The summed E-state index contributed by atoms with van der Waals surface area (Å²) >= 11 is 6.08. The molecule has 0 amide bonds. The Morgan fingerprint density at radius 2 is 1.69 bits per heavy atom. The third-order valence-corrected chi connectivity index (χ3v) is 3.00. The van der Waals surface area contributed by atoms with E-state index in [1.165, 1.54) is 5.56 Å². The highest BCUT2D eigenvalue weighted by atomic mass is 35.5. The van der Waals surface area contributed by atoms with Gasteiger partial charge in [0.15, 0.2) is 0 Å². The molecule has 0 bridgehead atoms. The van der Waals surface area contributed by atoms with Gasteiger partial charge in [-0.1, -0.05) is 56.6 Å². The van der Waals surface area contributed by atoms with E-state index >= 15 is 0 Å². The molecule has 0 aliphatic heterocycles. The predicted molar refractivity (Wildman–Crippen MR) is 69.2 cm³/mol. The molecule has 1 nitrogen and oxygen atoms in total. The maximum atomic E-state index is 8.76. The molecule has 0 saturated heterocycles. The number of halogens is 1. The molecule has 1 aromatic carbocycles. The molecule has 0 heterocycles. The fourth-order valence-electron chi connectivity index (χ4n) is 1.38. The molecule has 0 saturated carbocycles. The van der Waals surface area contributed by atoms with E-state index in [0.29, 0.717) is 10.6 Å². The SMILES string of the molecule is CC(C#N)=C(Cl)c1ccc(C(C)(C)C)cc1.